The van der Waals surface area contributed by atoms with Crippen molar-refractivity contribution in [2.75, 3.05) is 11.9 Å². The molecule has 0 aliphatic carbocycles. The lowest BCUT2D eigenvalue weighted by Crippen LogP contribution is -2.33. The van der Waals surface area contributed by atoms with Crippen LogP contribution in [0.4, 0.5) is 5.69 Å². The molecule has 1 aromatic carbocycles. The normalized spacial score (nSPS) is 16.3. The summed E-state index contributed by atoms with van der Waals surface area (Å²) in [4.78, 5) is 20.2. The number of fused-ring (bicyclic) bond motifs is 1. The van der Waals surface area contributed by atoms with Crippen molar-refractivity contribution in [2.24, 2.45) is 0 Å². The summed E-state index contributed by atoms with van der Waals surface area (Å²) in [6.07, 6.45) is 5.54. The predicted octanol–water partition coefficient (Wildman–Crippen LogP) is 3.11. The molecule has 4 rings (SSSR count). The highest BCUT2D eigenvalue weighted by Gasteiger charge is 2.24. The number of aromatic nitrogens is 2. The Bertz CT molecular complexity index is 1150. The Morgan fingerprint density at radius 3 is 2.73 bits per heavy atom. The van der Waals surface area contributed by atoms with Crippen LogP contribution in [-0.2, 0) is 6.54 Å². The van der Waals surface area contributed by atoms with Crippen LogP contribution < -0.4 is 19.7 Å². The molecule has 0 unspecified atom stereocenters. The topological polar surface area (TPSA) is 38.1 Å². The standard InChI is InChI=1S/C19H16ClN3OS2/c1-3-23-16(10-12-6-8-21-9-7-12)26-17(18(23)24)19-22(2)14-5-4-13(20)11-15(14)25-19/h4-11H,3H2,1-2H3/b16-10-,19-17+. The van der Waals surface area contributed by atoms with E-state index in [1.165, 1.54) is 11.3 Å². The van der Waals surface area contributed by atoms with Crippen LogP contribution in [0.5, 0.6) is 0 Å². The average molecular weight is 402 g/mol. The van der Waals surface area contributed by atoms with Gasteiger partial charge in [0.05, 0.1) is 10.4 Å². The zero-order valence-electron chi connectivity index (χ0n) is 14.3. The number of nitrogens with zero attached hydrogens (tertiary/aromatic N) is 3. The zero-order chi connectivity index (χ0) is 18.3. The van der Waals surface area contributed by atoms with E-state index in [1.54, 1.807) is 24.2 Å². The minimum Gasteiger partial charge on any atom is -0.337 e. The van der Waals surface area contributed by atoms with Crippen molar-refractivity contribution in [1.82, 2.24) is 9.55 Å². The molecule has 0 saturated carbocycles. The first kappa shape index (κ1) is 17.4. The first-order valence-corrected chi connectivity index (χ1v) is 10.2. The Kier molecular flexibility index (Phi) is 4.65. The number of thioether (sulfide) groups is 1. The lowest BCUT2D eigenvalue weighted by molar-refractivity contribution is 0.722. The molecule has 0 N–H and O–H groups in total. The van der Waals surface area contributed by atoms with Gasteiger partial charge >= 0.3 is 0 Å². The number of anilines is 1. The quantitative estimate of drug-likeness (QED) is 0.661. The van der Waals surface area contributed by atoms with E-state index < -0.39 is 0 Å². The summed E-state index contributed by atoms with van der Waals surface area (Å²) in [6, 6.07) is 9.69. The van der Waals surface area contributed by atoms with Gasteiger partial charge in [0.25, 0.3) is 5.56 Å². The summed E-state index contributed by atoms with van der Waals surface area (Å²) in [5.41, 5.74) is 2.15. The Hall–Kier alpha value is -2.02. The maximum atomic E-state index is 13.0. The van der Waals surface area contributed by atoms with Gasteiger partial charge < -0.3 is 4.90 Å². The minimum atomic E-state index is 0.0473. The van der Waals surface area contributed by atoms with Gasteiger partial charge in [-0.2, -0.15) is 0 Å². The molecule has 1 aliphatic rings. The van der Waals surface area contributed by atoms with E-state index in [2.05, 4.69) is 9.88 Å². The molecule has 3 heterocycles. The van der Waals surface area contributed by atoms with Crippen LogP contribution in [0.15, 0.2) is 52.4 Å². The van der Waals surface area contributed by atoms with E-state index in [4.69, 9.17) is 11.6 Å². The van der Waals surface area contributed by atoms with E-state index in [-0.39, 0.29) is 5.56 Å². The molecule has 3 aromatic rings. The first-order valence-electron chi connectivity index (χ1n) is 8.15. The van der Waals surface area contributed by atoms with Crippen molar-refractivity contribution >= 4 is 51.5 Å². The van der Waals surface area contributed by atoms with Gasteiger partial charge in [0.2, 0.25) is 0 Å². The summed E-state index contributed by atoms with van der Waals surface area (Å²) in [5, 5.41) is 1.66. The second-order valence-electron chi connectivity index (χ2n) is 5.82. The largest absolute Gasteiger partial charge is 0.337 e. The second-order valence-corrected chi connectivity index (χ2v) is 8.32. The van der Waals surface area contributed by atoms with Crippen molar-refractivity contribution in [3.05, 3.63) is 72.9 Å². The fraction of sp³-hybridized carbons (Fsp3) is 0.158. The fourth-order valence-electron chi connectivity index (χ4n) is 2.90. The molecule has 4 nitrogen and oxygen atoms in total. The van der Waals surface area contributed by atoms with Crippen molar-refractivity contribution in [2.45, 2.75) is 18.4 Å². The smallest absolute Gasteiger partial charge is 0.271 e. The van der Waals surface area contributed by atoms with E-state index in [1.807, 2.05) is 54.9 Å². The Morgan fingerprint density at radius 1 is 1.23 bits per heavy atom. The van der Waals surface area contributed by atoms with Crippen LogP contribution in [0.2, 0.25) is 5.02 Å². The van der Waals surface area contributed by atoms with E-state index in [9.17, 15) is 4.79 Å². The van der Waals surface area contributed by atoms with Gasteiger partial charge in [-0.3, -0.25) is 14.3 Å². The molecule has 0 atom stereocenters. The van der Waals surface area contributed by atoms with Crippen LogP contribution in [0, 0.1) is 0 Å². The SMILES string of the molecule is CCn1c(=O)/c(=C2\Sc3cc(Cl)ccc3N2C)s/c1=C\c1ccncc1. The first-order chi connectivity index (χ1) is 12.6. The molecule has 132 valence electrons. The molecule has 0 fully saturated rings. The summed E-state index contributed by atoms with van der Waals surface area (Å²) in [6.45, 7) is 2.62. The monoisotopic (exact) mass is 401 g/mol. The zero-order valence-corrected chi connectivity index (χ0v) is 16.7. The van der Waals surface area contributed by atoms with Gasteiger partial charge in [0.1, 0.15) is 9.56 Å². The van der Waals surface area contributed by atoms with Crippen molar-refractivity contribution in [3.63, 3.8) is 0 Å². The summed E-state index contributed by atoms with van der Waals surface area (Å²) >= 11 is 9.24. The summed E-state index contributed by atoms with van der Waals surface area (Å²) in [7, 11) is 1.99. The van der Waals surface area contributed by atoms with Gasteiger partial charge in [0.15, 0.2) is 0 Å². The third-order valence-corrected chi connectivity index (χ3v) is 6.92. The lowest BCUT2D eigenvalue weighted by atomic mass is 10.3. The van der Waals surface area contributed by atoms with Gasteiger partial charge in [0, 0.05) is 35.9 Å². The van der Waals surface area contributed by atoms with Crippen LogP contribution in [-0.4, -0.2) is 16.6 Å². The Balaban J connectivity index is 1.93. The molecule has 26 heavy (non-hydrogen) atoms. The van der Waals surface area contributed by atoms with Gasteiger partial charge in [-0.25, -0.2) is 0 Å². The van der Waals surface area contributed by atoms with Gasteiger partial charge in [-0.1, -0.05) is 23.4 Å². The van der Waals surface area contributed by atoms with Gasteiger partial charge in [-0.05, 0) is 48.9 Å². The Morgan fingerprint density at radius 2 is 2.00 bits per heavy atom. The molecular weight excluding hydrogens is 386 g/mol. The van der Waals surface area contributed by atoms with Gasteiger partial charge in [-0.15, -0.1) is 11.3 Å². The maximum Gasteiger partial charge on any atom is 0.271 e. The number of benzene rings is 1. The predicted molar refractivity (Wildman–Crippen MR) is 110 cm³/mol. The third kappa shape index (κ3) is 2.98. The van der Waals surface area contributed by atoms with E-state index >= 15 is 0 Å². The van der Waals surface area contributed by atoms with Crippen LogP contribution >= 0.6 is 34.7 Å². The molecule has 0 saturated heterocycles. The molecule has 1 aliphatic heterocycles. The highest BCUT2D eigenvalue weighted by atomic mass is 35.5. The van der Waals surface area contributed by atoms with Crippen LogP contribution in [0.1, 0.15) is 12.5 Å². The van der Waals surface area contributed by atoms with Crippen molar-refractivity contribution in [3.8, 4) is 0 Å². The molecule has 2 aromatic heterocycles. The number of pyridine rings is 1. The van der Waals surface area contributed by atoms with E-state index in [0.29, 0.717) is 11.6 Å². The number of hydrogen-bond acceptors (Lipinski definition) is 5. The van der Waals surface area contributed by atoms with E-state index in [0.717, 1.165) is 30.4 Å². The number of rotatable bonds is 2. The second kappa shape index (κ2) is 6.95. The number of hydrogen-bond donors (Lipinski definition) is 0. The van der Waals surface area contributed by atoms with Crippen molar-refractivity contribution < 1.29 is 0 Å². The fourth-order valence-corrected chi connectivity index (χ4v) is 5.65. The number of thiazole rings is 1. The third-order valence-electron chi connectivity index (χ3n) is 4.21. The lowest BCUT2D eigenvalue weighted by Gasteiger charge is -2.12. The maximum absolute atomic E-state index is 13.0. The van der Waals surface area contributed by atoms with Crippen molar-refractivity contribution in [1.29, 1.82) is 0 Å². The molecule has 0 amide bonds. The highest BCUT2D eigenvalue weighted by Crippen LogP contribution is 2.46. The average Bonchev–Trinajstić information content (AvgIpc) is 3.12. The highest BCUT2D eigenvalue weighted by molar-refractivity contribution is 8.08. The number of halogens is 1. The molecule has 0 bridgehead atoms. The molecule has 7 heteroatoms. The van der Waals surface area contributed by atoms with Crippen LogP contribution in [0.3, 0.4) is 0 Å². The molecular formula is C19H16ClN3OS2. The summed E-state index contributed by atoms with van der Waals surface area (Å²) < 4.78 is 3.51. The van der Waals surface area contributed by atoms with Crippen LogP contribution in [0.25, 0.3) is 11.1 Å². The summed E-state index contributed by atoms with van der Waals surface area (Å²) in [5.74, 6) is 0. The minimum absolute atomic E-state index is 0.0473. The Labute approximate surface area is 164 Å². The molecule has 0 spiro atoms. The molecule has 0 radical (unpaired) electrons.